The summed E-state index contributed by atoms with van der Waals surface area (Å²) in [6.07, 6.45) is 16.0. The highest BCUT2D eigenvalue weighted by Gasteiger charge is 1.97. The van der Waals surface area contributed by atoms with Gasteiger partial charge in [-0.25, -0.2) is 0 Å². The standard InChI is InChI=1S/C21H16S2/c1-3-18-14-16-22-20(18)12-10-8-6-5-7-9-11-13-21-19(4-2)15-17-23-21/h1-2,14-17H,5-9H2. The minimum atomic E-state index is 0.901. The molecule has 0 fully saturated rings. The maximum Gasteiger partial charge on any atom is 0.0924 e. The topological polar surface area (TPSA) is 0 Å². The van der Waals surface area contributed by atoms with E-state index in [9.17, 15) is 0 Å². The average molecular weight is 332 g/mol. The molecule has 2 aromatic rings. The minimum absolute atomic E-state index is 0.901. The first kappa shape index (κ1) is 17.0. The first-order valence-corrected chi connectivity index (χ1v) is 9.17. The lowest BCUT2D eigenvalue weighted by Crippen LogP contribution is -1.77. The van der Waals surface area contributed by atoms with Gasteiger partial charge in [-0.2, -0.15) is 0 Å². The summed E-state index contributed by atoms with van der Waals surface area (Å²) in [6, 6.07) is 3.87. The van der Waals surface area contributed by atoms with E-state index in [1.165, 1.54) is 0 Å². The van der Waals surface area contributed by atoms with Gasteiger partial charge in [0.25, 0.3) is 0 Å². The van der Waals surface area contributed by atoms with Gasteiger partial charge in [-0.3, -0.25) is 0 Å². The van der Waals surface area contributed by atoms with Crippen molar-refractivity contribution in [2.75, 3.05) is 0 Å². The summed E-state index contributed by atoms with van der Waals surface area (Å²) in [6.45, 7) is 0. The van der Waals surface area contributed by atoms with Crippen molar-refractivity contribution in [2.45, 2.75) is 32.1 Å². The highest BCUT2D eigenvalue weighted by atomic mass is 32.1. The lowest BCUT2D eigenvalue weighted by Gasteiger charge is -1.92. The van der Waals surface area contributed by atoms with Crippen molar-refractivity contribution in [3.8, 4) is 48.4 Å². The van der Waals surface area contributed by atoms with Crippen molar-refractivity contribution >= 4 is 22.7 Å². The van der Waals surface area contributed by atoms with Crippen LogP contribution in [0.15, 0.2) is 22.9 Å². The molecule has 0 aromatic carbocycles. The van der Waals surface area contributed by atoms with E-state index in [1.807, 2.05) is 22.9 Å². The van der Waals surface area contributed by atoms with Crippen LogP contribution < -0.4 is 0 Å². The monoisotopic (exact) mass is 332 g/mol. The maximum atomic E-state index is 5.41. The van der Waals surface area contributed by atoms with Gasteiger partial charge in [-0.05, 0) is 35.7 Å². The molecule has 0 aliphatic rings. The Kier molecular flexibility index (Phi) is 7.11. The quantitative estimate of drug-likeness (QED) is 0.538. The molecule has 0 saturated heterocycles. The van der Waals surface area contributed by atoms with Crippen molar-refractivity contribution in [3.05, 3.63) is 43.8 Å². The third kappa shape index (κ3) is 5.40. The van der Waals surface area contributed by atoms with E-state index in [4.69, 9.17) is 12.8 Å². The summed E-state index contributed by atoms with van der Waals surface area (Å²) >= 11 is 3.21. The van der Waals surface area contributed by atoms with Crippen molar-refractivity contribution in [3.63, 3.8) is 0 Å². The van der Waals surface area contributed by atoms with Crippen molar-refractivity contribution in [2.24, 2.45) is 0 Å². The van der Waals surface area contributed by atoms with Gasteiger partial charge < -0.3 is 0 Å². The molecule has 0 saturated carbocycles. The predicted molar refractivity (Wildman–Crippen MR) is 101 cm³/mol. The van der Waals surface area contributed by atoms with Crippen molar-refractivity contribution < 1.29 is 0 Å². The maximum absolute atomic E-state index is 5.41. The summed E-state index contributed by atoms with van der Waals surface area (Å²) in [5.74, 6) is 18.0. The van der Waals surface area contributed by atoms with Crippen LogP contribution in [-0.2, 0) is 0 Å². The van der Waals surface area contributed by atoms with E-state index in [-0.39, 0.29) is 0 Å². The normalized spacial score (nSPS) is 8.96. The number of rotatable bonds is 4. The Morgan fingerprint density at radius 3 is 1.65 bits per heavy atom. The molecule has 2 heterocycles. The minimum Gasteiger partial charge on any atom is -0.134 e. The molecule has 112 valence electrons. The van der Waals surface area contributed by atoms with Crippen LogP contribution in [0.1, 0.15) is 53.0 Å². The van der Waals surface area contributed by atoms with Crippen LogP contribution in [0.5, 0.6) is 0 Å². The molecule has 0 bridgehead atoms. The Labute approximate surface area is 147 Å². The van der Waals surface area contributed by atoms with Crippen molar-refractivity contribution in [1.82, 2.24) is 0 Å². The van der Waals surface area contributed by atoms with Crippen LogP contribution >= 0.6 is 22.7 Å². The van der Waals surface area contributed by atoms with Gasteiger partial charge in [-0.1, -0.05) is 41.9 Å². The summed E-state index contributed by atoms with van der Waals surface area (Å²) in [5.41, 5.74) is 1.80. The molecular weight excluding hydrogens is 316 g/mol. The molecule has 2 aromatic heterocycles. The molecule has 2 rings (SSSR count). The van der Waals surface area contributed by atoms with Crippen LogP contribution in [0.3, 0.4) is 0 Å². The predicted octanol–water partition coefficient (Wildman–Crippen LogP) is 5.13. The molecule has 0 atom stereocenters. The first-order valence-electron chi connectivity index (χ1n) is 7.41. The molecule has 0 spiro atoms. The van der Waals surface area contributed by atoms with Crippen molar-refractivity contribution in [1.29, 1.82) is 0 Å². The zero-order chi connectivity index (χ0) is 16.3. The van der Waals surface area contributed by atoms with E-state index in [2.05, 4.69) is 35.5 Å². The molecule has 0 unspecified atom stereocenters. The molecule has 0 radical (unpaired) electrons. The first-order chi connectivity index (χ1) is 11.3. The number of unbranched alkanes of at least 4 members (excludes halogenated alkanes) is 4. The van der Waals surface area contributed by atoms with E-state index < -0.39 is 0 Å². The van der Waals surface area contributed by atoms with Crippen LogP contribution in [-0.4, -0.2) is 0 Å². The third-order valence-electron chi connectivity index (χ3n) is 3.15. The summed E-state index contributed by atoms with van der Waals surface area (Å²) in [7, 11) is 0. The fraction of sp³-hybridized carbons (Fsp3) is 0.238. The number of hydrogen-bond donors (Lipinski definition) is 0. The second kappa shape index (κ2) is 9.62. The molecule has 0 aliphatic heterocycles. The van der Waals surface area contributed by atoms with E-state index in [0.29, 0.717) is 0 Å². The number of terminal acetylenes is 2. The Morgan fingerprint density at radius 2 is 1.22 bits per heavy atom. The molecule has 0 aliphatic carbocycles. The molecule has 0 nitrogen and oxygen atoms in total. The van der Waals surface area contributed by atoms with Crippen LogP contribution in [0.25, 0.3) is 0 Å². The van der Waals surface area contributed by atoms with Gasteiger partial charge in [0.15, 0.2) is 0 Å². The van der Waals surface area contributed by atoms with Gasteiger partial charge >= 0.3 is 0 Å². The molecule has 0 amide bonds. The molecule has 2 heteroatoms. The molecular formula is C21H16S2. The van der Waals surface area contributed by atoms with E-state index in [0.717, 1.165) is 53.0 Å². The zero-order valence-corrected chi connectivity index (χ0v) is 14.4. The Hall–Kier alpha value is -2.36. The summed E-state index contributed by atoms with van der Waals surface area (Å²) in [5, 5.41) is 3.97. The Morgan fingerprint density at radius 1 is 0.739 bits per heavy atom. The lowest BCUT2D eigenvalue weighted by atomic mass is 10.1. The van der Waals surface area contributed by atoms with Crippen LogP contribution in [0, 0.1) is 48.4 Å². The zero-order valence-electron chi connectivity index (χ0n) is 12.8. The van der Waals surface area contributed by atoms with Gasteiger partial charge in [0, 0.05) is 12.8 Å². The Balaban J connectivity index is 1.64. The van der Waals surface area contributed by atoms with E-state index >= 15 is 0 Å². The SMILES string of the molecule is C#Cc1ccsc1C#CCCCCCC#Cc1sccc1C#C. The van der Waals surface area contributed by atoms with Crippen LogP contribution in [0.2, 0.25) is 0 Å². The van der Waals surface area contributed by atoms with Gasteiger partial charge in [0.05, 0.1) is 20.9 Å². The van der Waals surface area contributed by atoms with E-state index in [1.54, 1.807) is 22.7 Å². The summed E-state index contributed by atoms with van der Waals surface area (Å²) in [4.78, 5) is 2.00. The fourth-order valence-electron chi connectivity index (χ4n) is 1.93. The van der Waals surface area contributed by atoms with Gasteiger partial charge in [0.1, 0.15) is 0 Å². The molecule has 23 heavy (non-hydrogen) atoms. The van der Waals surface area contributed by atoms with Crippen LogP contribution in [0.4, 0.5) is 0 Å². The average Bonchev–Trinajstić information content (AvgIpc) is 3.21. The van der Waals surface area contributed by atoms with Gasteiger partial charge in [-0.15, -0.1) is 35.5 Å². The second-order valence-corrected chi connectivity index (χ2v) is 6.61. The fourth-order valence-corrected chi connectivity index (χ4v) is 3.38. The number of hydrogen-bond acceptors (Lipinski definition) is 2. The largest absolute Gasteiger partial charge is 0.134 e. The lowest BCUT2D eigenvalue weighted by molar-refractivity contribution is 0.709. The Bertz CT molecular complexity index is 769. The molecule has 0 N–H and O–H groups in total. The second-order valence-electron chi connectivity index (χ2n) is 4.78. The summed E-state index contributed by atoms with van der Waals surface area (Å²) < 4.78 is 0. The highest BCUT2D eigenvalue weighted by molar-refractivity contribution is 7.11. The number of thiophene rings is 2. The highest BCUT2D eigenvalue weighted by Crippen LogP contribution is 2.15. The van der Waals surface area contributed by atoms with Gasteiger partial charge in [0.2, 0.25) is 0 Å². The smallest absolute Gasteiger partial charge is 0.0924 e. The third-order valence-corrected chi connectivity index (χ3v) is 4.81.